The van der Waals surface area contributed by atoms with E-state index in [2.05, 4.69) is 20.5 Å². The third-order valence-electron chi connectivity index (χ3n) is 5.58. The quantitative estimate of drug-likeness (QED) is 0.296. The number of aliphatic imine (C=N–C) groups is 1. The lowest BCUT2D eigenvalue weighted by atomic mass is 10.1. The Bertz CT molecular complexity index is 697. The molecule has 2 aliphatic rings. The fraction of sp³-hybridized carbons (Fsp3) is 0.667. The minimum atomic E-state index is -4.37. The number of likely N-dealkylation sites (tertiary alicyclic amines) is 1. The first-order valence-corrected chi connectivity index (χ1v) is 10.4. The molecule has 5 nitrogen and oxygen atoms in total. The van der Waals surface area contributed by atoms with Crippen molar-refractivity contribution in [2.24, 2.45) is 10.9 Å². The van der Waals surface area contributed by atoms with Gasteiger partial charge in [-0.1, -0.05) is 13.0 Å². The van der Waals surface area contributed by atoms with E-state index in [1.54, 1.807) is 13.1 Å². The molecule has 2 unspecified atom stereocenters. The largest absolute Gasteiger partial charge is 0.489 e. The van der Waals surface area contributed by atoms with Gasteiger partial charge in [0, 0.05) is 26.2 Å². The second-order valence-corrected chi connectivity index (χ2v) is 7.89. The molecule has 0 bridgehead atoms. The molecule has 1 heterocycles. The Morgan fingerprint density at radius 1 is 1.27 bits per heavy atom. The maximum atomic E-state index is 12.9. The summed E-state index contributed by atoms with van der Waals surface area (Å²) in [5.41, 5.74) is -0.702. The van der Waals surface area contributed by atoms with E-state index in [1.807, 2.05) is 6.92 Å². The van der Waals surface area contributed by atoms with Gasteiger partial charge in [-0.2, -0.15) is 13.2 Å². The number of hydrogen-bond acceptors (Lipinski definition) is 3. The van der Waals surface area contributed by atoms with Gasteiger partial charge in [0.05, 0.1) is 12.1 Å². The van der Waals surface area contributed by atoms with E-state index < -0.39 is 11.7 Å². The van der Waals surface area contributed by atoms with Gasteiger partial charge in [-0.05, 0) is 56.3 Å². The number of benzene rings is 1. The van der Waals surface area contributed by atoms with E-state index in [9.17, 15) is 13.2 Å². The first-order chi connectivity index (χ1) is 13.9. The fourth-order valence-corrected chi connectivity index (χ4v) is 3.68. The van der Waals surface area contributed by atoms with Gasteiger partial charge in [-0.25, -0.2) is 0 Å². The molecule has 1 saturated heterocycles. The molecule has 30 heavy (non-hydrogen) atoms. The molecule has 170 valence electrons. The highest BCUT2D eigenvalue weighted by atomic mass is 127. The molecule has 0 radical (unpaired) electrons. The maximum absolute atomic E-state index is 12.9. The zero-order valence-corrected chi connectivity index (χ0v) is 19.9. The van der Waals surface area contributed by atoms with Crippen LogP contribution in [0.5, 0.6) is 5.75 Å². The predicted molar refractivity (Wildman–Crippen MR) is 124 cm³/mol. The van der Waals surface area contributed by atoms with Crippen LogP contribution in [0.4, 0.5) is 13.2 Å². The Labute approximate surface area is 193 Å². The van der Waals surface area contributed by atoms with Crippen LogP contribution in [0.15, 0.2) is 29.3 Å². The molecule has 1 aliphatic heterocycles. The van der Waals surface area contributed by atoms with Crippen molar-refractivity contribution in [2.45, 2.75) is 50.9 Å². The molecule has 0 aromatic heterocycles. The molecular formula is C21H32F3IN4O. The molecule has 1 aromatic rings. The van der Waals surface area contributed by atoms with Crippen molar-refractivity contribution in [3.8, 4) is 5.75 Å². The van der Waals surface area contributed by atoms with E-state index in [1.165, 1.54) is 31.9 Å². The molecule has 2 atom stereocenters. The van der Waals surface area contributed by atoms with Crippen molar-refractivity contribution in [1.82, 2.24) is 15.5 Å². The molecule has 0 spiro atoms. The lowest BCUT2D eigenvalue weighted by Crippen LogP contribution is -2.44. The number of halogens is 4. The predicted octanol–water partition coefficient (Wildman–Crippen LogP) is 4.13. The SMILES string of the molecule is CCC(CNC(=NC)NCC1CCN(C2CC2)C1)Oc1cccc(C(F)(F)F)c1.I. The van der Waals surface area contributed by atoms with Crippen LogP contribution >= 0.6 is 24.0 Å². The topological polar surface area (TPSA) is 48.9 Å². The van der Waals surface area contributed by atoms with Crippen LogP contribution in [0, 0.1) is 5.92 Å². The molecule has 1 aliphatic carbocycles. The van der Waals surface area contributed by atoms with E-state index in [4.69, 9.17) is 4.74 Å². The number of nitrogens with one attached hydrogen (secondary N) is 2. The Morgan fingerprint density at radius 3 is 2.67 bits per heavy atom. The van der Waals surface area contributed by atoms with Crippen LogP contribution < -0.4 is 15.4 Å². The van der Waals surface area contributed by atoms with Gasteiger partial charge in [0.1, 0.15) is 11.9 Å². The van der Waals surface area contributed by atoms with E-state index in [-0.39, 0.29) is 35.8 Å². The number of alkyl halides is 3. The summed E-state index contributed by atoms with van der Waals surface area (Å²) in [5, 5.41) is 6.61. The molecule has 1 aromatic carbocycles. The van der Waals surface area contributed by atoms with Gasteiger partial charge in [-0.3, -0.25) is 4.99 Å². The van der Waals surface area contributed by atoms with E-state index >= 15 is 0 Å². The summed E-state index contributed by atoms with van der Waals surface area (Å²) in [6.07, 6.45) is -0.0772. The average Bonchev–Trinajstić information content (AvgIpc) is 3.45. The van der Waals surface area contributed by atoms with Gasteiger partial charge in [0.15, 0.2) is 5.96 Å². The first kappa shape index (κ1) is 25.0. The number of ether oxygens (including phenoxy) is 1. The van der Waals surface area contributed by atoms with Crippen LogP contribution in [-0.4, -0.2) is 56.2 Å². The molecule has 0 amide bonds. The van der Waals surface area contributed by atoms with Crippen LogP contribution in [0.3, 0.4) is 0 Å². The molecule has 3 rings (SSSR count). The summed E-state index contributed by atoms with van der Waals surface area (Å²) >= 11 is 0. The Balaban J connectivity index is 0.00000320. The zero-order valence-electron chi connectivity index (χ0n) is 17.5. The summed E-state index contributed by atoms with van der Waals surface area (Å²) in [5.74, 6) is 1.54. The minimum absolute atomic E-state index is 0. The normalized spacial score (nSPS) is 21.1. The second kappa shape index (κ2) is 11.4. The van der Waals surface area contributed by atoms with Crippen molar-refractivity contribution >= 4 is 29.9 Å². The van der Waals surface area contributed by atoms with Gasteiger partial charge in [0.25, 0.3) is 0 Å². The number of nitrogens with zero attached hydrogens (tertiary/aromatic N) is 2. The Morgan fingerprint density at radius 2 is 2.03 bits per heavy atom. The number of rotatable bonds is 8. The standard InChI is InChI=1S/C21H31F3N4O.HI/c1-3-18(29-19-6-4-5-16(11-19)21(22,23)24)13-27-20(25-2)26-12-15-9-10-28(14-15)17-7-8-17;/h4-6,11,15,17-18H,3,7-10,12-14H2,1-2H3,(H2,25,26,27);1H. The van der Waals surface area contributed by atoms with Gasteiger partial charge < -0.3 is 20.3 Å². The number of hydrogen-bond donors (Lipinski definition) is 2. The van der Waals surface area contributed by atoms with E-state index in [0.29, 0.717) is 24.8 Å². The van der Waals surface area contributed by atoms with Crippen LogP contribution in [0.2, 0.25) is 0 Å². The summed E-state index contributed by atoms with van der Waals surface area (Å²) in [4.78, 5) is 6.83. The lowest BCUT2D eigenvalue weighted by molar-refractivity contribution is -0.137. The molecule has 9 heteroatoms. The van der Waals surface area contributed by atoms with Crippen molar-refractivity contribution in [3.05, 3.63) is 29.8 Å². The molecule has 2 N–H and O–H groups in total. The van der Waals surface area contributed by atoms with Gasteiger partial charge in [-0.15, -0.1) is 24.0 Å². The van der Waals surface area contributed by atoms with Crippen LogP contribution in [0.25, 0.3) is 0 Å². The van der Waals surface area contributed by atoms with Crippen LogP contribution in [0.1, 0.15) is 38.2 Å². The van der Waals surface area contributed by atoms with Crippen molar-refractivity contribution < 1.29 is 17.9 Å². The van der Waals surface area contributed by atoms with E-state index in [0.717, 1.165) is 31.3 Å². The monoisotopic (exact) mass is 540 g/mol. The van der Waals surface area contributed by atoms with Gasteiger partial charge in [0.2, 0.25) is 0 Å². The number of guanidine groups is 1. The summed E-state index contributed by atoms with van der Waals surface area (Å²) in [6, 6.07) is 5.82. The smallest absolute Gasteiger partial charge is 0.416 e. The van der Waals surface area contributed by atoms with Crippen molar-refractivity contribution in [1.29, 1.82) is 0 Å². The minimum Gasteiger partial charge on any atom is -0.489 e. The highest BCUT2D eigenvalue weighted by Gasteiger charge is 2.34. The van der Waals surface area contributed by atoms with Crippen molar-refractivity contribution in [3.63, 3.8) is 0 Å². The molecular weight excluding hydrogens is 508 g/mol. The average molecular weight is 540 g/mol. The Kier molecular flexibility index (Phi) is 9.52. The third-order valence-corrected chi connectivity index (χ3v) is 5.58. The summed E-state index contributed by atoms with van der Waals surface area (Å²) in [6.45, 7) is 5.61. The first-order valence-electron chi connectivity index (χ1n) is 10.4. The molecule has 2 fully saturated rings. The van der Waals surface area contributed by atoms with Gasteiger partial charge >= 0.3 is 6.18 Å². The summed E-state index contributed by atoms with van der Waals surface area (Å²) < 4.78 is 44.4. The molecule has 1 saturated carbocycles. The van der Waals surface area contributed by atoms with Crippen LogP contribution in [-0.2, 0) is 6.18 Å². The summed E-state index contributed by atoms with van der Waals surface area (Å²) in [7, 11) is 1.72. The zero-order chi connectivity index (χ0) is 20.9. The second-order valence-electron chi connectivity index (χ2n) is 7.89. The fourth-order valence-electron chi connectivity index (χ4n) is 3.68. The highest BCUT2D eigenvalue weighted by molar-refractivity contribution is 14.0. The lowest BCUT2D eigenvalue weighted by Gasteiger charge is -2.21. The maximum Gasteiger partial charge on any atom is 0.416 e. The van der Waals surface area contributed by atoms with Crippen molar-refractivity contribution in [2.75, 3.05) is 33.2 Å². The highest BCUT2D eigenvalue weighted by Crippen LogP contribution is 2.32. The Hall–Kier alpha value is -1.23. The third kappa shape index (κ3) is 7.47.